The molecule has 0 radical (unpaired) electrons. The summed E-state index contributed by atoms with van der Waals surface area (Å²) < 4.78 is 5.62. The molecule has 1 fully saturated rings. The lowest BCUT2D eigenvalue weighted by atomic mass is 10.2. The van der Waals surface area contributed by atoms with Gasteiger partial charge in [-0.1, -0.05) is 6.92 Å². The van der Waals surface area contributed by atoms with Crippen LogP contribution in [0.15, 0.2) is 6.20 Å². The molecule has 0 saturated carbocycles. The highest BCUT2D eigenvalue weighted by Gasteiger charge is 2.21. The number of hydrogen-bond donors (Lipinski definition) is 1. The zero-order chi connectivity index (χ0) is 12.3. The summed E-state index contributed by atoms with van der Waals surface area (Å²) in [7, 11) is 0. The Bertz CT molecular complexity index is 384. The molecule has 1 unspecified atom stereocenters. The fourth-order valence-electron chi connectivity index (χ4n) is 1.94. The lowest BCUT2D eigenvalue weighted by molar-refractivity contribution is 0.0378. The van der Waals surface area contributed by atoms with E-state index >= 15 is 0 Å². The Labute approximate surface area is 101 Å². The summed E-state index contributed by atoms with van der Waals surface area (Å²) >= 11 is 0. The molecule has 1 aromatic heterocycles. The molecular formula is C12H19N3O2. The number of anilines is 1. The number of hydrogen-bond acceptors (Lipinski definition) is 5. The minimum absolute atomic E-state index is 0.00713. The Balaban J connectivity index is 2.13. The molecule has 1 aromatic rings. The molecule has 2 heterocycles. The van der Waals surface area contributed by atoms with Crippen LogP contribution in [0.3, 0.4) is 0 Å². The zero-order valence-corrected chi connectivity index (χ0v) is 10.4. The van der Waals surface area contributed by atoms with Crippen molar-refractivity contribution in [3.05, 3.63) is 17.5 Å². The van der Waals surface area contributed by atoms with Crippen molar-refractivity contribution in [2.24, 2.45) is 0 Å². The predicted molar refractivity (Wildman–Crippen MR) is 64.9 cm³/mol. The van der Waals surface area contributed by atoms with E-state index in [-0.39, 0.29) is 12.7 Å². The highest BCUT2D eigenvalue weighted by molar-refractivity contribution is 5.33. The molecule has 0 amide bonds. The number of ether oxygens (including phenoxy) is 1. The van der Waals surface area contributed by atoms with Crippen molar-refractivity contribution in [2.45, 2.75) is 33.0 Å². The van der Waals surface area contributed by atoms with Crippen molar-refractivity contribution in [3.8, 4) is 0 Å². The number of morpholine rings is 1. The van der Waals surface area contributed by atoms with E-state index in [1.54, 1.807) is 6.20 Å². The Morgan fingerprint density at radius 2 is 2.41 bits per heavy atom. The predicted octanol–water partition coefficient (Wildman–Crippen LogP) is 0.893. The fraction of sp³-hybridized carbons (Fsp3) is 0.667. The standard InChI is InChI=1S/C12H19N3O2/c1-3-11-7-15(4-5-17-11)12-13-6-10(8-16)9(2)14-12/h6,11,16H,3-5,7-8H2,1-2H3. The Hall–Kier alpha value is -1.20. The number of aromatic nitrogens is 2. The van der Waals surface area contributed by atoms with E-state index in [4.69, 9.17) is 9.84 Å². The first-order chi connectivity index (χ1) is 8.24. The Morgan fingerprint density at radius 1 is 1.59 bits per heavy atom. The van der Waals surface area contributed by atoms with Gasteiger partial charge in [0, 0.05) is 30.5 Å². The molecule has 1 aliphatic rings. The Morgan fingerprint density at radius 3 is 3.06 bits per heavy atom. The molecule has 0 bridgehead atoms. The second-order valence-electron chi connectivity index (χ2n) is 4.29. The van der Waals surface area contributed by atoms with Crippen molar-refractivity contribution in [3.63, 3.8) is 0 Å². The topological polar surface area (TPSA) is 58.5 Å². The summed E-state index contributed by atoms with van der Waals surface area (Å²) in [6.07, 6.45) is 2.98. The average Bonchev–Trinajstić information content (AvgIpc) is 2.38. The summed E-state index contributed by atoms with van der Waals surface area (Å²) in [6, 6.07) is 0. The molecule has 17 heavy (non-hydrogen) atoms. The molecule has 5 nitrogen and oxygen atoms in total. The summed E-state index contributed by atoms with van der Waals surface area (Å²) in [5, 5.41) is 9.09. The summed E-state index contributed by atoms with van der Waals surface area (Å²) in [5.74, 6) is 0.737. The highest BCUT2D eigenvalue weighted by Crippen LogP contribution is 2.16. The number of aliphatic hydroxyl groups is 1. The van der Waals surface area contributed by atoms with E-state index in [2.05, 4.69) is 21.8 Å². The van der Waals surface area contributed by atoms with Crippen molar-refractivity contribution < 1.29 is 9.84 Å². The fourth-order valence-corrected chi connectivity index (χ4v) is 1.94. The third-order valence-corrected chi connectivity index (χ3v) is 3.12. The number of nitrogens with zero attached hydrogens (tertiary/aromatic N) is 3. The normalized spacial score (nSPS) is 20.6. The van der Waals surface area contributed by atoms with Crippen LogP contribution in [-0.2, 0) is 11.3 Å². The molecular weight excluding hydrogens is 218 g/mol. The van der Waals surface area contributed by atoms with Crippen LogP contribution >= 0.6 is 0 Å². The Kier molecular flexibility index (Phi) is 3.91. The highest BCUT2D eigenvalue weighted by atomic mass is 16.5. The maximum Gasteiger partial charge on any atom is 0.225 e. The second kappa shape index (κ2) is 5.42. The molecule has 0 spiro atoms. The number of aryl methyl sites for hydroxylation is 1. The third-order valence-electron chi connectivity index (χ3n) is 3.12. The molecule has 0 aliphatic carbocycles. The lowest BCUT2D eigenvalue weighted by Crippen LogP contribution is -2.43. The van der Waals surface area contributed by atoms with Gasteiger partial charge in [0.1, 0.15) is 0 Å². The lowest BCUT2D eigenvalue weighted by Gasteiger charge is -2.32. The van der Waals surface area contributed by atoms with E-state index in [1.165, 1.54) is 0 Å². The molecule has 94 valence electrons. The minimum atomic E-state index is -0.00713. The molecule has 5 heteroatoms. The summed E-state index contributed by atoms with van der Waals surface area (Å²) in [6.45, 7) is 6.40. The maximum atomic E-state index is 9.09. The van der Waals surface area contributed by atoms with Crippen LogP contribution in [0, 0.1) is 6.92 Å². The number of rotatable bonds is 3. The van der Waals surface area contributed by atoms with Crippen LogP contribution in [0.1, 0.15) is 24.6 Å². The van der Waals surface area contributed by atoms with Crippen LogP contribution in [0.25, 0.3) is 0 Å². The van der Waals surface area contributed by atoms with Crippen molar-refractivity contribution in [1.29, 1.82) is 0 Å². The summed E-state index contributed by atoms with van der Waals surface area (Å²) in [5.41, 5.74) is 1.63. The largest absolute Gasteiger partial charge is 0.392 e. The smallest absolute Gasteiger partial charge is 0.225 e. The SMILES string of the molecule is CCC1CN(c2ncc(CO)c(C)n2)CCO1. The molecule has 1 saturated heterocycles. The third kappa shape index (κ3) is 2.73. The van der Waals surface area contributed by atoms with Gasteiger partial charge in [0.05, 0.1) is 19.3 Å². The van der Waals surface area contributed by atoms with Crippen molar-refractivity contribution in [1.82, 2.24) is 9.97 Å². The van der Waals surface area contributed by atoms with Crippen molar-refractivity contribution >= 4 is 5.95 Å². The van der Waals surface area contributed by atoms with Gasteiger partial charge >= 0.3 is 0 Å². The monoisotopic (exact) mass is 237 g/mol. The van der Waals surface area contributed by atoms with Gasteiger partial charge in [-0.2, -0.15) is 0 Å². The minimum Gasteiger partial charge on any atom is -0.392 e. The first-order valence-electron chi connectivity index (χ1n) is 6.04. The van der Waals surface area contributed by atoms with E-state index in [0.717, 1.165) is 43.3 Å². The molecule has 0 aromatic carbocycles. The van der Waals surface area contributed by atoms with Gasteiger partial charge in [-0.15, -0.1) is 0 Å². The van der Waals surface area contributed by atoms with E-state index in [9.17, 15) is 0 Å². The maximum absolute atomic E-state index is 9.09. The number of aliphatic hydroxyl groups excluding tert-OH is 1. The van der Waals surface area contributed by atoms with Crippen LogP contribution in [-0.4, -0.2) is 40.9 Å². The van der Waals surface area contributed by atoms with Gasteiger partial charge in [-0.3, -0.25) is 0 Å². The molecule has 1 aliphatic heterocycles. The average molecular weight is 237 g/mol. The van der Waals surface area contributed by atoms with Gasteiger partial charge in [-0.25, -0.2) is 9.97 Å². The van der Waals surface area contributed by atoms with Crippen LogP contribution < -0.4 is 4.90 Å². The molecule has 1 atom stereocenters. The van der Waals surface area contributed by atoms with Gasteiger partial charge in [-0.05, 0) is 13.3 Å². The molecule has 1 N–H and O–H groups in total. The van der Waals surface area contributed by atoms with Crippen molar-refractivity contribution in [2.75, 3.05) is 24.6 Å². The van der Waals surface area contributed by atoms with Gasteiger partial charge in [0.25, 0.3) is 0 Å². The van der Waals surface area contributed by atoms with Gasteiger partial charge in [0.2, 0.25) is 5.95 Å². The van der Waals surface area contributed by atoms with Crippen LogP contribution in [0.4, 0.5) is 5.95 Å². The van der Waals surface area contributed by atoms with Gasteiger partial charge in [0.15, 0.2) is 0 Å². The first kappa shape index (κ1) is 12.3. The zero-order valence-electron chi connectivity index (χ0n) is 10.4. The van der Waals surface area contributed by atoms with E-state index in [1.807, 2.05) is 6.92 Å². The van der Waals surface area contributed by atoms with Crippen LogP contribution in [0.5, 0.6) is 0 Å². The quantitative estimate of drug-likeness (QED) is 0.846. The van der Waals surface area contributed by atoms with Gasteiger partial charge < -0.3 is 14.7 Å². The van der Waals surface area contributed by atoms with E-state index in [0.29, 0.717) is 0 Å². The second-order valence-corrected chi connectivity index (χ2v) is 4.29. The summed E-state index contributed by atoms with van der Waals surface area (Å²) in [4.78, 5) is 10.9. The molecule has 2 rings (SSSR count). The first-order valence-corrected chi connectivity index (χ1v) is 6.04. The van der Waals surface area contributed by atoms with Crippen LogP contribution in [0.2, 0.25) is 0 Å². The van der Waals surface area contributed by atoms with E-state index < -0.39 is 0 Å².